The maximum atomic E-state index is 14.1. The maximum Gasteiger partial charge on any atom is 0.264 e. The minimum atomic E-state index is -4.28. The highest BCUT2D eigenvalue weighted by Gasteiger charge is 2.35. The van der Waals surface area contributed by atoms with Gasteiger partial charge in [0.05, 0.1) is 20.6 Å². The van der Waals surface area contributed by atoms with Crippen molar-refractivity contribution in [3.05, 3.63) is 92.9 Å². The van der Waals surface area contributed by atoms with Crippen molar-refractivity contribution in [2.24, 2.45) is 0 Å². The molecular formula is C29H32Cl3N3O4S. The van der Waals surface area contributed by atoms with Crippen LogP contribution < -0.4 is 9.62 Å². The summed E-state index contributed by atoms with van der Waals surface area (Å²) >= 11 is 19.1. The summed E-state index contributed by atoms with van der Waals surface area (Å²) in [6.45, 7) is 6.62. The van der Waals surface area contributed by atoms with E-state index in [-0.39, 0.29) is 45.5 Å². The highest BCUT2D eigenvalue weighted by molar-refractivity contribution is 7.92. The summed E-state index contributed by atoms with van der Waals surface area (Å²) in [5.41, 5.74) is 1.53. The number of amides is 2. The number of carbonyl (C=O) groups excluding carboxylic acids is 2. The number of benzene rings is 3. The van der Waals surface area contributed by atoms with Crippen LogP contribution in [0.3, 0.4) is 0 Å². The van der Waals surface area contributed by atoms with Crippen molar-refractivity contribution in [2.75, 3.05) is 10.8 Å². The van der Waals surface area contributed by atoms with Crippen molar-refractivity contribution < 1.29 is 18.0 Å². The van der Waals surface area contributed by atoms with Gasteiger partial charge in [-0.25, -0.2) is 8.42 Å². The molecule has 0 fully saturated rings. The second-order valence-electron chi connectivity index (χ2n) is 9.60. The molecule has 40 heavy (non-hydrogen) atoms. The fraction of sp³-hybridized carbons (Fsp3) is 0.310. The number of rotatable bonds is 11. The zero-order valence-corrected chi connectivity index (χ0v) is 25.8. The minimum absolute atomic E-state index is 0.00970. The number of carbonyl (C=O) groups is 2. The van der Waals surface area contributed by atoms with Gasteiger partial charge in [0.2, 0.25) is 11.8 Å². The molecule has 0 bridgehead atoms. The van der Waals surface area contributed by atoms with Crippen LogP contribution in [0.2, 0.25) is 15.1 Å². The van der Waals surface area contributed by atoms with E-state index in [9.17, 15) is 18.0 Å². The molecule has 1 atom stereocenters. The molecule has 1 N–H and O–H groups in total. The monoisotopic (exact) mass is 623 g/mol. The van der Waals surface area contributed by atoms with E-state index in [2.05, 4.69) is 5.32 Å². The quantitative estimate of drug-likeness (QED) is 0.265. The Hall–Kier alpha value is -2.78. The van der Waals surface area contributed by atoms with E-state index < -0.39 is 28.5 Å². The summed E-state index contributed by atoms with van der Waals surface area (Å²) in [6, 6.07) is 16.8. The first-order valence-electron chi connectivity index (χ1n) is 12.7. The SMILES string of the molecule is CC[C@H](C(=O)NC(C)C)N(Cc1ccccc1Cl)C(=O)CN(c1cccc(Cl)c1Cl)S(=O)(=O)c1ccc(C)cc1. The van der Waals surface area contributed by atoms with Gasteiger partial charge in [-0.2, -0.15) is 0 Å². The van der Waals surface area contributed by atoms with Gasteiger partial charge < -0.3 is 10.2 Å². The molecule has 0 saturated carbocycles. The van der Waals surface area contributed by atoms with Crippen LogP contribution in [0.5, 0.6) is 0 Å². The highest BCUT2D eigenvalue weighted by atomic mass is 35.5. The second-order valence-corrected chi connectivity index (χ2v) is 12.7. The summed E-state index contributed by atoms with van der Waals surface area (Å²) in [6.07, 6.45) is 0.289. The molecule has 3 aromatic rings. The van der Waals surface area contributed by atoms with Gasteiger partial charge in [-0.3, -0.25) is 13.9 Å². The van der Waals surface area contributed by atoms with E-state index in [1.165, 1.54) is 29.2 Å². The van der Waals surface area contributed by atoms with Crippen molar-refractivity contribution in [3.63, 3.8) is 0 Å². The van der Waals surface area contributed by atoms with Gasteiger partial charge in [-0.05, 0) is 63.1 Å². The molecule has 214 valence electrons. The molecule has 0 aliphatic carbocycles. The molecule has 3 aromatic carbocycles. The molecule has 0 saturated heterocycles. The average Bonchev–Trinajstić information content (AvgIpc) is 2.89. The Morgan fingerprint density at radius 1 is 0.900 bits per heavy atom. The molecule has 7 nitrogen and oxygen atoms in total. The van der Waals surface area contributed by atoms with Gasteiger partial charge in [0.1, 0.15) is 12.6 Å². The van der Waals surface area contributed by atoms with Crippen molar-refractivity contribution in [2.45, 2.75) is 57.6 Å². The molecule has 0 unspecified atom stereocenters. The summed E-state index contributed by atoms with van der Waals surface area (Å²) in [4.78, 5) is 28.6. The standard InChI is InChI=1S/C29H32Cl3N3O4S/c1-5-25(29(37)33-19(2)3)34(17-21-9-6-7-10-23(21)30)27(36)18-35(26-12-8-11-24(31)28(26)32)40(38,39)22-15-13-20(4)14-16-22/h6-16,19,25H,5,17-18H2,1-4H3,(H,33,37)/t25-/m1/s1. The van der Waals surface area contributed by atoms with Gasteiger partial charge in [0.15, 0.2) is 0 Å². The molecule has 0 aliphatic rings. The zero-order chi connectivity index (χ0) is 29.6. The van der Waals surface area contributed by atoms with E-state index in [0.717, 1.165) is 9.87 Å². The Balaban J connectivity index is 2.12. The van der Waals surface area contributed by atoms with E-state index in [4.69, 9.17) is 34.8 Å². The first kappa shape index (κ1) is 31.7. The summed E-state index contributed by atoms with van der Waals surface area (Å²) in [5.74, 6) is -0.968. The molecule has 0 spiro atoms. The molecular weight excluding hydrogens is 593 g/mol. The number of nitrogens with zero attached hydrogens (tertiary/aromatic N) is 2. The molecule has 0 aromatic heterocycles. The molecule has 11 heteroatoms. The lowest BCUT2D eigenvalue weighted by Gasteiger charge is -2.34. The van der Waals surface area contributed by atoms with Crippen LogP contribution in [0, 0.1) is 6.92 Å². The Labute approximate surface area is 251 Å². The number of halogens is 3. The van der Waals surface area contributed by atoms with Gasteiger partial charge in [0.25, 0.3) is 10.0 Å². The number of hydrogen-bond donors (Lipinski definition) is 1. The number of aryl methyl sites for hydroxylation is 1. The lowest BCUT2D eigenvalue weighted by molar-refractivity contribution is -0.140. The minimum Gasteiger partial charge on any atom is -0.352 e. The first-order valence-corrected chi connectivity index (χ1v) is 15.3. The van der Waals surface area contributed by atoms with Crippen LogP contribution >= 0.6 is 34.8 Å². The van der Waals surface area contributed by atoms with E-state index in [1.807, 2.05) is 20.8 Å². The van der Waals surface area contributed by atoms with Crippen LogP contribution in [0.15, 0.2) is 71.6 Å². The van der Waals surface area contributed by atoms with E-state index in [1.54, 1.807) is 49.4 Å². The number of nitrogens with one attached hydrogen (secondary N) is 1. The summed E-state index contributed by atoms with van der Waals surface area (Å²) in [7, 11) is -4.28. The Morgan fingerprint density at radius 3 is 2.12 bits per heavy atom. The van der Waals surface area contributed by atoms with E-state index in [0.29, 0.717) is 10.6 Å². The Bertz CT molecular complexity index is 1460. The molecule has 0 radical (unpaired) electrons. The van der Waals surface area contributed by atoms with Crippen molar-refractivity contribution in [1.29, 1.82) is 0 Å². The number of hydrogen-bond acceptors (Lipinski definition) is 4. The van der Waals surface area contributed by atoms with Crippen molar-refractivity contribution >= 4 is 62.3 Å². The van der Waals surface area contributed by atoms with Crippen LogP contribution in [-0.4, -0.2) is 43.8 Å². The van der Waals surface area contributed by atoms with E-state index >= 15 is 0 Å². The van der Waals surface area contributed by atoms with Crippen LogP contribution in [0.1, 0.15) is 38.3 Å². The lowest BCUT2D eigenvalue weighted by atomic mass is 10.1. The van der Waals surface area contributed by atoms with Gasteiger partial charge in [-0.1, -0.05) is 83.7 Å². The number of anilines is 1. The van der Waals surface area contributed by atoms with Crippen LogP contribution in [0.25, 0.3) is 0 Å². The number of sulfonamides is 1. The maximum absolute atomic E-state index is 14.1. The molecule has 3 rings (SSSR count). The van der Waals surface area contributed by atoms with Crippen molar-refractivity contribution in [1.82, 2.24) is 10.2 Å². The predicted octanol–water partition coefficient (Wildman–Crippen LogP) is 6.48. The second kappa shape index (κ2) is 13.7. The lowest BCUT2D eigenvalue weighted by Crippen LogP contribution is -2.53. The zero-order valence-electron chi connectivity index (χ0n) is 22.7. The Morgan fingerprint density at radius 2 is 1.52 bits per heavy atom. The third-order valence-electron chi connectivity index (χ3n) is 6.20. The normalized spacial score (nSPS) is 12.2. The topological polar surface area (TPSA) is 86.8 Å². The fourth-order valence-electron chi connectivity index (χ4n) is 4.15. The Kier molecular flexibility index (Phi) is 10.9. The first-order chi connectivity index (χ1) is 18.9. The fourth-order valence-corrected chi connectivity index (χ4v) is 6.22. The predicted molar refractivity (Wildman–Crippen MR) is 162 cm³/mol. The average molecular weight is 625 g/mol. The molecule has 0 aliphatic heterocycles. The van der Waals surface area contributed by atoms with Crippen LogP contribution in [0.4, 0.5) is 5.69 Å². The molecule has 2 amide bonds. The highest BCUT2D eigenvalue weighted by Crippen LogP contribution is 2.35. The van der Waals surface area contributed by atoms with Gasteiger partial charge in [0, 0.05) is 17.6 Å². The summed E-state index contributed by atoms with van der Waals surface area (Å²) < 4.78 is 28.8. The third kappa shape index (κ3) is 7.49. The third-order valence-corrected chi connectivity index (χ3v) is 9.15. The van der Waals surface area contributed by atoms with Gasteiger partial charge >= 0.3 is 0 Å². The smallest absolute Gasteiger partial charge is 0.264 e. The van der Waals surface area contributed by atoms with Gasteiger partial charge in [-0.15, -0.1) is 0 Å². The largest absolute Gasteiger partial charge is 0.352 e. The van der Waals surface area contributed by atoms with Crippen LogP contribution in [-0.2, 0) is 26.2 Å². The summed E-state index contributed by atoms with van der Waals surface area (Å²) in [5, 5.41) is 3.39. The van der Waals surface area contributed by atoms with Crippen molar-refractivity contribution in [3.8, 4) is 0 Å². The molecule has 0 heterocycles.